The van der Waals surface area contributed by atoms with Gasteiger partial charge in [-0.3, -0.25) is 0 Å². The van der Waals surface area contributed by atoms with Crippen LogP contribution in [0.25, 0.3) is 4.91 Å². The van der Waals surface area contributed by atoms with Crippen molar-refractivity contribution >= 4 is 32.5 Å². The fraction of sp³-hybridized carbons (Fsp3) is 0. The summed E-state index contributed by atoms with van der Waals surface area (Å²) in [5.41, 5.74) is 1.20. The number of rotatable bonds is 3. The summed E-state index contributed by atoms with van der Waals surface area (Å²) in [6, 6.07) is 13.6. The third kappa shape index (κ3) is 3.21. The quantitative estimate of drug-likeness (QED) is 0.495. The Morgan fingerprint density at radius 2 is 1.77 bits per heavy atom. The minimum absolute atomic E-state index is 0.0906. The standard InChI is InChI=1S/C17H12O3S2/c1-11-10-16(22-21-11)12-6-8-13(9-7-12)20-17(19)14-4-2-3-5-15(14)18/h2-10,18H,1H2. The molecule has 0 fully saturated rings. The summed E-state index contributed by atoms with van der Waals surface area (Å²) < 4.78 is 5.27. The second-order valence-electron chi connectivity index (χ2n) is 4.57. The number of esters is 1. The maximum absolute atomic E-state index is 12.0. The van der Waals surface area contributed by atoms with Crippen molar-refractivity contribution in [1.82, 2.24) is 0 Å². The average molecular weight is 328 g/mol. The molecule has 22 heavy (non-hydrogen) atoms. The molecule has 3 nitrogen and oxygen atoms in total. The van der Waals surface area contributed by atoms with Crippen molar-refractivity contribution in [1.29, 1.82) is 0 Å². The normalized spacial score (nSPS) is 13.8. The molecule has 0 amide bonds. The molecule has 0 saturated heterocycles. The molecule has 2 aromatic rings. The van der Waals surface area contributed by atoms with Crippen molar-refractivity contribution in [2.75, 3.05) is 0 Å². The molecular formula is C17H12O3S2. The van der Waals surface area contributed by atoms with Crippen LogP contribution in [-0.4, -0.2) is 11.1 Å². The minimum Gasteiger partial charge on any atom is -0.507 e. The highest BCUT2D eigenvalue weighted by molar-refractivity contribution is 8.82. The molecule has 0 bridgehead atoms. The Hall–Kier alpha value is -2.11. The Balaban J connectivity index is 1.74. The maximum atomic E-state index is 12.0. The van der Waals surface area contributed by atoms with Gasteiger partial charge in [0.05, 0.1) is 0 Å². The van der Waals surface area contributed by atoms with Crippen molar-refractivity contribution in [2.24, 2.45) is 0 Å². The molecule has 0 radical (unpaired) electrons. The molecule has 0 atom stereocenters. The fourth-order valence-corrected chi connectivity index (χ4v) is 3.95. The van der Waals surface area contributed by atoms with Crippen LogP contribution in [0.5, 0.6) is 11.5 Å². The van der Waals surface area contributed by atoms with E-state index in [0.29, 0.717) is 5.75 Å². The average Bonchev–Trinajstić information content (AvgIpc) is 2.95. The number of allylic oxidation sites excluding steroid dienone is 1. The van der Waals surface area contributed by atoms with Crippen molar-refractivity contribution in [3.8, 4) is 11.5 Å². The van der Waals surface area contributed by atoms with Crippen LogP contribution < -0.4 is 4.74 Å². The Bertz CT molecular complexity index is 764. The van der Waals surface area contributed by atoms with E-state index in [1.807, 2.05) is 18.2 Å². The maximum Gasteiger partial charge on any atom is 0.347 e. The van der Waals surface area contributed by atoms with E-state index in [-0.39, 0.29) is 11.3 Å². The Morgan fingerprint density at radius 3 is 2.41 bits per heavy atom. The second-order valence-corrected chi connectivity index (χ2v) is 6.87. The van der Waals surface area contributed by atoms with Gasteiger partial charge in [0.25, 0.3) is 0 Å². The van der Waals surface area contributed by atoms with Gasteiger partial charge in [0.2, 0.25) is 0 Å². The number of hydrogen-bond acceptors (Lipinski definition) is 5. The predicted octanol–water partition coefficient (Wildman–Crippen LogP) is 4.86. The van der Waals surface area contributed by atoms with E-state index in [1.165, 1.54) is 12.1 Å². The number of para-hydroxylation sites is 1. The molecule has 1 aliphatic rings. The van der Waals surface area contributed by atoms with Crippen molar-refractivity contribution in [3.63, 3.8) is 0 Å². The van der Waals surface area contributed by atoms with Gasteiger partial charge in [-0.25, -0.2) is 4.79 Å². The van der Waals surface area contributed by atoms with Crippen LogP contribution in [0.3, 0.4) is 0 Å². The first-order valence-corrected chi connectivity index (χ1v) is 8.64. The van der Waals surface area contributed by atoms with E-state index in [0.717, 1.165) is 15.4 Å². The number of hydrogen-bond donors (Lipinski definition) is 1. The number of aromatic hydroxyl groups is 1. The highest BCUT2D eigenvalue weighted by atomic mass is 33.1. The molecule has 1 N–H and O–H groups in total. The lowest BCUT2D eigenvalue weighted by atomic mass is 10.2. The molecule has 0 saturated carbocycles. The Morgan fingerprint density at radius 1 is 1.05 bits per heavy atom. The number of phenols is 1. The number of carbonyl (C=O) groups excluding carboxylic acids is 1. The van der Waals surface area contributed by atoms with Gasteiger partial charge in [-0.15, -0.1) is 0 Å². The lowest BCUT2D eigenvalue weighted by molar-refractivity contribution is 0.0731. The zero-order chi connectivity index (χ0) is 15.5. The van der Waals surface area contributed by atoms with Crippen LogP contribution in [0.15, 0.2) is 66.1 Å². The molecule has 1 heterocycles. The van der Waals surface area contributed by atoms with Gasteiger partial charge >= 0.3 is 5.97 Å². The molecule has 0 aliphatic carbocycles. The van der Waals surface area contributed by atoms with Crippen LogP contribution in [0.1, 0.15) is 15.9 Å². The zero-order valence-electron chi connectivity index (χ0n) is 11.5. The minimum atomic E-state index is -0.579. The number of ether oxygens (including phenoxy) is 1. The Kier molecular flexibility index (Phi) is 4.27. The summed E-state index contributed by atoms with van der Waals surface area (Å²) in [5.74, 6) is -0.233. The molecule has 2 aromatic carbocycles. The molecule has 3 rings (SSSR count). The third-order valence-corrected chi connectivity index (χ3v) is 5.38. The highest BCUT2D eigenvalue weighted by Crippen LogP contribution is 2.48. The topological polar surface area (TPSA) is 46.5 Å². The molecule has 5 heteroatoms. The van der Waals surface area contributed by atoms with Crippen LogP contribution >= 0.6 is 21.6 Å². The molecular weight excluding hydrogens is 316 g/mol. The van der Waals surface area contributed by atoms with Gasteiger partial charge in [0.15, 0.2) is 0 Å². The van der Waals surface area contributed by atoms with Gasteiger partial charge in [-0.05, 0) is 35.9 Å². The third-order valence-electron chi connectivity index (χ3n) is 3.00. The number of carbonyl (C=O) groups is 1. The van der Waals surface area contributed by atoms with E-state index in [1.54, 1.807) is 45.9 Å². The molecule has 110 valence electrons. The molecule has 1 aliphatic heterocycles. The van der Waals surface area contributed by atoms with E-state index in [4.69, 9.17) is 4.74 Å². The number of benzene rings is 2. The second kappa shape index (κ2) is 6.34. The van der Waals surface area contributed by atoms with Gasteiger partial charge < -0.3 is 9.84 Å². The lowest BCUT2D eigenvalue weighted by Gasteiger charge is -2.07. The predicted molar refractivity (Wildman–Crippen MR) is 91.8 cm³/mol. The first kappa shape index (κ1) is 14.8. The van der Waals surface area contributed by atoms with Gasteiger partial charge in [-0.2, -0.15) is 0 Å². The van der Waals surface area contributed by atoms with E-state index >= 15 is 0 Å². The van der Waals surface area contributed by atoms with Crippen molar-refractivity contribution < 1.29 is 14.6 Å². The first-order chi connectivity index (χ1) is 10.6. The molecule has 0 aromatic heterocycles. The zero-order valence-corrected chi connectivity index (χ0v) is 13.1. The smallest absolute Gasteiger partial charge is 0.347 e. The van der Waals surface area contributed by atoms with Gasteiger partial charge in [-0.1, -0.05) is 52.4 Å². The van der Waals surface area contributed by atoms with Crippen LogP contribution in [-0.2, 0) is 0 Å². The van der Waals surface area contributed by atoms with Crippen LogP contribution in [0.2, 0.25) is 0 Å². The summed E-state index contributed by atoms with van der Waals surface area (Å²) in [4.78, 5) is 14.2. The largest absolute Gasteiger partial charge is 0.507 e. The van der Waals surface area contributed by atoms with Gasteiger partial charge in [0, 0.05) is 9.81 Å². The van der Waals surface area contributed by atoms with E-state index < -0.39 is 5.97 Å². The summed E-state index contributed by atoms with van der Waals surface area (Å²) >= 11 is 0. The van der Waals surface area contributed by atoms with Crippen LogP contribution in [0.4, 0.5) is 0 Å². The molecule has 0 unspecified atom stereocenters. The van der Waals surface area contributed by atoms with Gasteiger partial charge in [0.1, 0.15) is 17.1 Å². The fourth-order valence-electron chi connectivity index (χ4n) is 1.92. The summed E-state index contributed by atoms with van der Waals surface area (Å²) in [7, 11) is 3.29. The number of phenolic OH excluding ortho intramolecular Hbond substituents is 1. The van der Waals surface area contributed by atoms with Crippen molar-refractivity contribution in [2.45, 2.75) is 0 Å². The SMILES string of the molecule is C=C1C=C(c2ccc(OC(=O)c3ccccc3O)cc2)SS1. The first-order valence-electron chi connectivity index (χ1n) is 6.49. The van der Waals surface area contributed by atoms with E-state index in [2.05, 4.69) is 6.58 Å². The van der Waals surface area contributed by atoms with Crippen molar-refractivity contribution in [3.05, 3.63) is 77.2 Å². The lowest BCUT2D eigenvalue weighted by Crippen LogP contribution is -2.08. The Labute approximate surface area is 136 Å². The van der Waals surface area contributed by atoms with E-state index in [9.17, 15) is 9.90 Å². The molecule has 0 spiro atoms. The highest BCUT2D eigenvalue weighted by Gasteiger charge is 2.14. The van der Waals surface area contributed by atoms with Crippen LogP contribution in [0, 0.1) is 0 Å². The monoisotopic (exact) mass is 328 g/mol. The summed E-state index contributed by atoms with van der Waals surface area (Å²) in [6.07, 6.45) is 2.03. The summed E-state index contributed by atoms with van der Waals surface area (Å²) in [5, 5.41) is 9.65. The summed E-state index contributed by atoms with van der Waals surface area (Å²) in [6.45, 7) is 3.90.